The van der Waals surface area contributed by atoms with Crippen LogP contribution in [0.2, 0.25) is 0 Å². The fourth-order valence-corrected chi connectivity index (χ4v) is 3.30. The van der Waals surface area contributed by atoms with Gasteiger partial charge in [-0.25, -0.2) is 0 Å². The van der Waals surface area contributed by atoms with E-state index in [1.807, 2.05) is 11.8 Å². The van der Waals surface area contributed by atoms with Crippen molar-refractivity contribution in [1.29, 1.82) is 0 Å². The summed E-state index contributed by atoms with van der Waals surface area (Å²) in [6, 6.07) is 0.625. The van der Waals surface area contributed by atoms with Crippen LogP contribution < -0.4 is 10.6 Å². The Morgan fingerprint density at radius 3 is 2.93 bits per heavy atom. The van der Waals surface area contributed by atoms with Gasteiger partial charge < -0.3 is 10.6 Å². The van der Waals surface area contributed by atoms with Gasteiger partial charge in [0.2, 0.25) is 5.91 Å². The van der Waals surface area contributed by atoms with Crippen molar-refractivity contribution in [2.24, 2.45) is 0 Å². The Balaban J connectivity index is 2.16. The minimum absolute atomic E-state index is 0.125. The molecule has 0 bridgehead atoms. The van der Waals surface area contributed by atoms with Crippen LogP contribution in [-0.4, -0.2) is 36.5 Å². The van der Waals surface area contributed by atoms with Gasteiger partial charge in [0.1, 0.15) is 0 Å². The van der Waals surface area contributed by atoms with Gasteiger partial charge in [-0.05, 0) is 18.6 Å². The summed E-state index contributed by atoms with van der Waals surface area (Å²) in [7, 11) is 1.69. The number of carbonyl (C=O) groups excluding carboxylic acids is 1. The van der Waals surface area contributed by atoms with Gasteiger partial charge >= 0.3 is 0 Å². The molecular formula is C11H22N2OS. The monoisotopic (exact) mass is 230 g/mol. The van der Waals surface area contributed by atoms with Crippen LogP contribution in [0.3, 0.4) is 0 Å². The summed E-state index contributed by atoms with van der Waals surface area (Å²) in [4.78, 5) is 11.0. The van der Waals surface area contributed by atoms with Crippen molar-refractivity contribution in [3.63, 3.8) is 0 Å². The maximum Gasteiger partial charge on any atom is 0.221 e. The highest BCUT2D eigenvalue weighted by Gasteiger charge is 2.26. The zero-order valence-corrected chi connectivity index (χ0v) is 10.5. The zero-order chi connectivity index (χ0) is 11.1. The fraction of sp³-hybridized carbons (Fsp3) is 0.909. The second kappa shape index (κ2) is 7.12. The summed E-state index contributed by atoms with van der Waals surface area (Å²) < 4.78 is 0. The van der Waals surface area contributed by atoms with E-state index >= 15 is 0 Å². The molecule has 0 saturated heterocycles. The van der Waals surface area contributed by atoms with E-state index in [2.05, 4.69) is 17.6 Å². The van der Waals surface area contributed by atoms with Crippen LogP contribution in [0.4, 0.5) is 0 Å². The molecule has 2 atom stereocenters. The van der Waals surface area contributed by atoms with E-state index in [9.17, 15) is 4.79 Å². The van der Waals surface area contributed by atoms with Crippen molar-refractivity contribution >= 4 is 17.7 Å². The first-order chi connectivity index (χ1) is 7.27. The average molecular weight is 230 g/mol. The molecule has 0 aromatic heterocycles. The van der Waals surface area contributed by atoms with E-state index in [1.165, 1.54) is 25.0 Å². The van der Waals surface area contributed by atoms with Gasteiger partial charge in [-0.2, -0.15) is 11.8 Å². The number of nitrogens with one attached hydrogen (secondary N) is 2. The lowest BCUT2D eigenvalue weighted by atomic mass is 10.2. The molecule has 1 rings (SSSR count). The first kappa shape index (κ1) is 12.8. The molecule has 1 saturated carbocycles. The summed E-state index contributed by atoms with van der Waals surface area (Å²) in [5, 5.41) is 6.91. The zero-order valence-electron chi connectivity index (χ0n) is 9.71. The molecule has 1 aliphatic carbocycles. The van der Waals surface area contributed by atoms with Gasteiger partial charge in [-0.15, -0.1) is 0 Å². The lowest BCUT2D eigenvalue weighted by Gasteiger charge is -2.19. The van der Waals surface area contributed by atoms with Crippen LogP contribution in [0, 0.1) is 0 Å². The van der Waals surface area contributed by atoms with Crippen LogP contribution in [0.1, 0.15) is 32.6 Å². The van der Waals surface area contributed by atoms with Crippen molar-refractivity contribution in [2.75, 3.05) is 19.3 Å². The molecule has 1 amide bonds. The van der Waals surface area contributed by atoms with Crippen molar-refractivity contribution in [3.05, 3.63) is 0 Å². The largest absolute Gasteiger partial charge is 0.359 e. The molecule has 0 aromatic carbocycles. The molecule has 15 heavy (non-hydrogen) atoms. The smallest absolute Gasteiger partial charge is 0.221 e. The Morgan fingerprint density at radius 1 is 1.47 bits per heavy atom. The fourth-order valence-electron chi connectivity index (χ4n) is 2.07. The molecule has 0 aromatic rings. The first-order valence-electron chi connectivity index (χ1n) is 5.83. The maximum atomic E-state index is 11.0. The van der Waals surface area contributed by atoms with Gasteiger partial charge in [-0.3, -0.25) is 4.79 Å². The van der Waals surface area contributed by atoms with Crippen molar-refractivity contribution < 1.29 is 4.79 Å². The second-order valence-electron chi connectivity index (χ2n) is 3.91. The summed E-state index contributed by atoms with van der Waals surface area (Å²) in [5.74, 6) is 1.32. The number of amides is 1. The molecule has 0 spiro atoms. The van der Waals surface area contributed by atoms with Crippen LogP contribution in [-0.2, 0) is 4.79 Å². The predicted octanol–water partition coefficient (Wildman–Crippen LogP) is 1.39. The number of hydrogen-bond donors (Lipinski definition) is 2. The quantitative estimate of drug-likeness (QED) is 0.724. The third kappa shape index (κ3) is 4.43. The average Bonchev–Trinajstić information content (AvgIpc) is 2.66. The lowest BCUT2D eigenvalue weighted by molar-refractivity contribution is -0.120. The number of hydrogen-bond acceptors (Lipinski definition) is 3. The molecule has 2 N–H and O–H groups in total. The van der Waals surface area contributed by atoms with Gasteiger partial charge in [0, 0.05) is 31.3 Å². The Hall–Kier alpha value is -0.220. The second-order valence-corrected chi connectivity index (χ2v) is 5.42. The van der Waals surface area contributed by atoms with Gasteiger partial charge in [-0.1, -0.05) is 13.3 Å². The SMILES string of the molecule is CCS[C@H]1CCC[C@H]1NCCC(=O)NC. The van der Waals surface area contributed by atoms with Crippen LogP contribution in [0.5, 0.6) is 0 Å². The Bertz CT molecular complexity index is 199. The highest BCUT2D eigenvalue weighted by molar-refractivity contribution is 7.99. The standard InChI is InChI=1S/C11H22N2OS/c1-3-15-10-6-4-5-9(10)13-8-7-11(14)12-2/h9-10,13H,3-8H2,1-2H3,(H,12,14)/t9-,10+/m1/s1. The van der Waals surface area contributed by atoms with Crippen molar-refractivity contribution in [1.82, 2.24) is 10.6 Å². The topological polar surface area (TPSA) is 41.1 Å². The highest BCUT2D eigenvalue weighted by Crippen LogP contribution is 2.29. The van der Waals surface area contributed by atoms with Crippen molar-refractivity contribution in [2.45, 2.75) is 43.9 Å². The summed E-state index contributed by atoms with van der Waals surface area (Å²) in [6.45, 7) is 3.02. The number of carbonyl (C=O) groups is 1. The molecule has 0 heterocycles. The molecule has 88 valence electrons. The Morgan fingerprint density at radius 2 is 2.27 bits per heavy atom. The van der Waals surface area contributed by atoms with Crippen LogP contribution >= 0.6 is 11.8 Å². The highest BCUT2D eigenvalue weighted by atomic mass is 32.2. The van der Waals surface area contributed by atoms with E-state index in [0.29, 0.717) is 12.5 Å². The Labute approximate surface area is 96.8 Å². The number of thioether (sulfide) groups is 1. The van der Waals surface area contributed by atoms with Gasteiger partial charge in [0.05, 0.1) is 0 Å². The molecule has 4 heteroatoms. The normalized spacial score (nSPS) is 25.5. The summed E-state index contributed by atoms with van der Waals surface area (Å²) in [6.07, 6.45) is 4.52. The van der Waals surface area contributed by atoms with Crippen molar-refractivity contribution in [3.8, 4) is 0 Å². The minimum atomic E-state index is 0.125. The predicted molar refractivity (Wildman–Crippen MR) is 66.2 cm³/mol. The lowest BCUT2D eigenvalue weighted by Crippen LogP contribution is -2.36. The van der Waals surface area contributed by atoms with Crippen LogP contribution in [0.25, 0.3) is 0 Å². The molecule has 1 aliphatic rings. The molecule has 1 fully saturated rings. The van der Waals surface area contributed by atoms with E-state index in [0.717, 1.165) is 11.8 Å². The van der Waals surface area contributed by atoms with Gasteiger partial charge in [0.15, 0.2) is 0 Å². The first-order valence-corrected chi connectivity index (χ1v) is 6.88. The number of rotatable bonds is 6. The van der Waals surface area contributed by atoms with Gasteiger partial charge in [0.25, 0.3) is 0 Å². The molecule has 3 nitrogen and oxygen atoms in total. The van der Waals surface area contributed by atoms with E-state index in [-0.39, 0.29) is 5.91 Å². The molecular weight excluding hydrogens is 208 g/mol. The van der Waals surface area contributed by atoms with E-state index < -0.39 is 0 Å². The molecule has 0 radical (unpaired) electrons. The summed E-state index contributed by atoms with van der Waals surface area (Å²) >= 11 is 2.05. The maximum absolute atomic E-state index is 11.0. The molecule has 0 unspecified atom stereocenters. The van der Waals surface area contributed by atoms with Crippen LogP contribution in [0.15, 0.2) is 0 Å². The van der Waals surface area contributed by atoms with E-state index in [4.69, 9.17) is 0 Å². The minimum Gasteiger partial charge on any atom is -0.359 e. The third-order valence-corrected chi connectivity index (χ3v) is 4.20. The molecule has 0 aliphatic heterocycles. The Kier molecular flexibility index (Phi) is 6.10. The van der Waals surface area contributed by atoms with E-state index in [1.54, 1.807) is 7.05 Å². The third-order valence-electron chi connectivity index (χ3n) is 2.87. The summed E-state index contributed by atoms with van der Waals surface area (Å²) in [5.41, 5.74) is 0.